The number of hydrogen-bond acceptors (Lipinski definition) is 6. The molecule has 2 aromatic heterocycles. The van der Waals surface area contributed by atoms with E-state index >= 15 is 0 Å². The van der Waals surface area contributed by atoms with Gasteiger partial charge in [0.1, 0.15) is 11.6 Å². The van der Waals surface area contributed by atoms with Crippen LogP contribution in [0, 0.1) is 25.5 Å². The van der Waals surface area contributed by atoms with Gasteiger partial charge < -0.3 is 4.74 Å². The number of fused-ring (bicyclic) bond motifs is 1. The highest BCUT2D eigenvalue weighted by molar-refractivity contribution is 7.91. The van der Waals surface area contributed by atoms with Crippen molar-refractivity contribution < 1.29 is 30.4 Å². The molecule has 0 N–H and O–H groups in total. The first-order valence-corrected chi connectivity index (χ1v) is 16.2. The summed E-state index contributed by atoms with van der Waals surface area (Å²) < 4.78 is 86.7. The molecule has 0 radical (unpaired) electrons. The Labute approximate surface area is 243 Å². The monoisotopic (exact) mass is 610 g/mol. The summed E-state index contributed by atoms with van der Waals surface area (Å²) in [6.45, 7) is 6.54. The Bertz CT molecular complexity index is 2090. The molecule has 0 unspecified atom stereocenters. The molecule has 2 heterocycles. The molecule has 5 aromatic rings. The molecule has 0 aliphatic rings. The van der Waals surface area contributed by atoms with Crippen LogP contribution in [0.3, 0.4) is 0 Å². The van der Waals surface area contributed by atoms with Crippen LogP contribution in [0.15, 0.2) is 83.9 Å². The predicted molar refractivity (Wildman–Crippen MR) is 158 cm³/mol. The Hall–Kier alpha value is -4.09. The summed E-state index contributed by atoms with van der Waals surface area (Å²) in [5.41, 5.74) is 2.49. The normalized spacial score (nSPS) is 12.5. The Balaban J connectivity index is 1.78. The zero-order chi connectivity index (χ0) is 30.6. The van der Waals surface area contributed by atoms with Gasteiger partial charge in [-0.05, 0) is 86.8 Å². The van der Waals surface area contributed by atoms with E-state index in [0.29, 0.717) is 39.4 Å². The van der Waals surface area contributed by atoms with Crippen molar-refractivity contribution in [2.75, 3.05) is 6.26 Å². The number of aryl methyl sites for hydroxylation is 2. The number of ether oxygens (including phenoxy) is 1. The summed E-state index contributed by atoms with van der Waals surface area (Å²) in [6.07, 6.45) is 2.54. The molecule has 218 valence electrons. The van der Waals surface area contributed by atoms with Gasteiger partial charge in [-0.3, -0.25) is 0 Å². The van der Waals surface area contributed by atoms with E-state index in [1.165, 1.54) is 18.3 Å². The van der Waals surface area contributed by atoms with E-state index in [1.807, 2.05) is 0 Å². The van der Waals surface area contributed by atoms with Crippen molar-refractivity contribution in [2.24, 2.45) is 0 Å². The topological polar surface area (TPSA) is 95.3 Å². The Kier molecular flexibility index (Phi) is 7.23. The molecule has 42 heavy (non-hydrogen) atoms. The molecule has 5 rings (SSSR count). The van der Waals surface area contributed by atoms with Gasteiger partial charge in [-0.25, -0.2) is 34.6 Å². The van der Waals surface area contributed by atoms with Crippen molar-refractivity contribution in [3.63, 3.8) is 0 Å². The van der Waals surface area contributed by atoms with Crippen LogP contribution in [-0.2, 0) is 24.6 Å². The molecule has 0 aliphatic carbocycles. The van der Waals surface area contributed by atoms with Gasteiger partial charge in [-0.1, -0.05) is 24.3 Å². The van der Waals surface area contributed by atoms with Crippen LogP contribution in [0.25, 0.3) is 22.2 Å². The second-order valence-electron chi connectivity index (χ2n) is 10.6. The number of halogens is 2. The van der Waals surface area contributed by atoms with Gasteiger partial charge in [-0.2, -0.15) is 0 Å². The van der Waals surface area contributed by atoms with Crippen LogP contribution in [0.2, 0.25) is 0 Å². The molecule has 0 atom stereocenters. The quantitative estimate of drug-likeness (QED) is 0.199. The predicted octanol–water partition coefficient (Wildman–Crippen LogP) is 6.91. The van der Waals surface area contributed by atoms with Crippen molar-refractivity contribution in [3.05, 3.63) is 107 Å². The number of pyridine rings is 1. The zero-order valence-corrected chi connectivity index (χ0v) is 25.1. The Morgan fingerprint density at radius 3 is 2.19 bits per heavy atom. The fourth-order valence-electron chi connectivity index (χ4n) is 4.67. The molecule has 7 nitrogen and oxygen atoms in total. The zero-order valence-electron chi connectivity index (χ0n) is 23.5. The van der Waals surface area contributed by atoms with Crippen LogP contribution in [0.4, 0.5) is 8.78 Å². The van der Waals surface area contributed by atoms with Gasteiger partial charge in [0.2, 0.25) is 0 Å². The molecule has 0 aliphatic heterocycles. The van der Waals surface area contributed by atoms with E-state index in [0.717, 1.165) is 22.4 Å². The third-order valence-corrected chi connectivity index (χ3v) is 11.3. The fourth-order valence-corrected chi connectivity index (χ4v) is 6.76. The lowest BCUT2D eigenvalue weighted by molar-refractivity contribution is 0.438. The lowest BCUT2D eigenvalue weighted by atomic mass is 9.94. The number of hydrogen-bond donors (Lipinski definition) is 0. The van der Waals surface area contributed by atoms with Crippen molar-refractivity contribution in [2.45, 2.75) is 37.3 Å². The molecule has 0 saturated heterocycles. The van der Waals surface area contributed by atoms with E-state index < -0.39 is 36.2 Å². The second kappa shape index (κ2) is 10.3. The maximum atomic E-state index is 14.6. The van der Waals surface area contributed by atoms with E-state index in [2.05, 4.69) is 4.98 Å². The number of rotatable bonds is 7. The highest BCUT2D eigenvalue weighted by Gasteiger charge is 2.33. The van der Waals surface area contributed by atoms with Gasteiger partial charge in [0.25, 0.3) is 10.0 Å². The first kappa shape index (κ1) is 29.4. The fraction of sp³-hybridized carbons (Fsp3) is 0.194. The van der Waals surface area contributed by atoms with Crippen LogP contribution in [0.5, 0.6) is 11.5 Å². The second-order valence-corrected chi connectivity index (χ2v) is 14.9. The summed E-state index contributed by atoms with van der Waals surface area (Å²) in [6, 6.07) is 17.6. The van der Waals surface area contributed by atoms with E-state index in [1.54, 1.807) is 70.2 Å². The summed E-state index contributed by atoms with van der Waals surface area (Å²) in [5.74, 6) is -1.79. The Morgan fingerprint density at radius 1 is 0.833 bits per heavy atom. The number of aromatic nitrogens is 2. The van der Waals surface area contributed by atoms with Crippen LogP contribution in [0.1, 0.15) is 30.7 Å². The summed E-state index contributed by atoms with van der Waals surface area (Å²) in [7, 11) is -7.61. The van der Waals surface area contributed by atoms with Gasteiger partial charge >= 0.3 is 0 Å². The summed E-state index contributed by atoms with van der Waals surface area (Å²) in [4.78, 5) is 4.66. The minimum atomic E-state index is -4.03. The minimum absolute atomic E-state index is 0.125. The highest BCUT2D eigenvalue weighted by atomic mass is 32.2. The van der Waals surface area contributed by atoms with E-state index in [4.69, 9.17) is 4.74 Å². The minimum Gasteiger partial charge on any atom is -0.454 e. The first-order valence-electron chi connectivity index (χ1n) is 12.9. The standard InChI is InChI=1S/C31H28F2N2O5S2/c1-19-8-6-7-9-29(19)42(38,39)35-15-14-23-24(16-20(2)34-30(23)35)25-17-21(31(3,4)41(5,36)37)10-12-27(25)40-28-13-11-22(32)18-26(28)33/h6-18H,1-5H3. The first-order chi connectivity index (χ1) is 19.6. The SMILES string of the molecule is Cc1cc(-c2cc(C(C)(C)S(C)(=O)=O)ccc2Oc2ccc(F)cc2F)c2ccn(S(=O)(=O)c3ccccc3C)c2n1. The average molecular weight is 611 g/mol. The van der Waals surface area contributed by atoms with E-state index in [-0.39, 0.29) is 22.0 Å². The van der Waals surface area contributed by atoms with Gasteiger partial charge in [-0.15, -0.1) is 0 Å². The lowest BCUT2D eigenvalue weighted by Crippen LogP contribution is -2.28. The van der Waals surface area contributed by atoms with Crippen LogP contribution < -0.4 is 4.74 Å². The number of nitrogens with zero attached hydrogens (tertiary/aromatic N) is 2. The van der Waals surface area contributed by atoms with Crippen molar-refractivity contribution in [1.29, 1.82) is 0 Å². The molecule has 0 fully saturated rings. The van der Waals surface area contributed by atoms with E-state index in [9.17, 15) is 25.6 Å². The molecule has 0 amide bonds. The van der Waals surface area contributed by atoms with Gasteiger partial charge in [0, 0.05) is 35.2 Å². The van der Waals surface area contributed by atoms with Gasteiger partial charge in [0.05, 0.1) is 9.64 Å². The van der Waals surface area contributed by atoms with Crippen molar-refractivity contribution in [3.8, 4) is 22.6 Å². The van der Waals surface area contributed by atoms with Crippen LogP contribution >= 0.6 is 0 Å². The molecule has 0 saturated carbocycles. The third kappa shape index (κ3) is 5.07. The maximum absolute atomic E-state index is 14.6. The molecule has 0 spiro atoms. The number of sulfone groups is 1. The molecule has 3 aromatic carbocycles. The largest absolute Gasteiger partial charge is 0.454 e. The molecule has 11 heteroatoms. The summed E-state index contributed by atoms with van der Waals surface area (Å²) >= 11 is 0. The molecular formula is C31H28F2N2O5S2. The maximum Gasteiger partial charge on any atom is 0.269 e. The van der Waals surface area contributed by atoms with Crippen molar-refractivity contribution >= 4 is 30.9 Å². The lowest BCUT2D eigenvalue weighted by Gasteiger charge is -2.25. The number of benzene rings is 3. The van der Waals surface area contributed by atoms with Crippen LogP contribution in [-0.4, -0.2) is 32.0 Å². The average Bonchev–Trinajstić information content (AvgIpc) is 3.34. The Morgan fingerprint density at radius 2 is 1.52 bits per heavy atom. The van der Waals surface area contributed by atoms with Crippen molar-refractivity contribution in [1.82, 2.24) is 8.96 Å². The molecule has 0 bridgehead atoms. The smallest absolute Gasteiger partial charge is 0.269 e. The highest BCUT2D eigenvalue weighted by Crippen LogP contribution is 2.42. The third-order valence-electron chi connectivity index (χ3n) is 7.39. The summed E-state index contributed by atoms with van der Waals surface area (Å²) in [5, 5.41) is 0.441. The molecular weight excluding hydrogens is 582 g/mol. The van der Waals surface area contributed by atoms with Gasteiger partial charge in [0.15, 0.2) is 27.1 Å².